The highest BCUT2D eigenvalue weighted by atomic mass is 16.5. The standard InChI is InChI=1S/C40H35NO4/c1-43-35-19-10-29(11-20-35)27-4-6-32(7-5-27)40(42)38-26-33(31-14-23-37(45-3)24-15-31)16-25-39(38)41-34-17-8-28(9-18-34)30-12-21-36(44-2)22-13-30/h4-26,40-42H,1-3H3. The zero-order valence-corrected chi connectivity index (χ0v) is 25.5. The van der Waals surface area contributed by atoms with Gasteiger partial charge in [0.15, 0.2) is 0 Å². The Balaban J connectivity index is 1.31. The van der Waals surface area contributed by atoms with E-state index in [4.69, 9.17) is 14.2 Å². The van der Waals surface area contributed by atoms with Crippen molar-refractivity contribution in [2.75, 3.05) is 26.6 Å². The van der Waals surface area contributed by atoms with Crippen LogP contribution in [0.1, 0.15) is 17.2 Å². The summed E-state index contributed by atoms with van der Waals surface area (Å²) in [6.07, 6.45) is -0.853. The summed E-state index contributed by atoms with van der Waals surface area (Å²) in [6, 6.07) is 46.4. The van der Waals surface area contributed by atoms with Gasteiger partial charge in [0, 0.05) is 16.9 Å². The number of anilines is 2. The molecular weight excluding hydrogens is 558 g/mol. The lowest BCUT2D eigenvalue weighted by Crippen LogP contribution is -2.05. The van der Waals surface area contributed by atoms with Gasteiger partial charge in [-0.05, 0) is 99.6 Å². The molecule has 1 unspecified atom stereocenters. The van der Waals surface area contributed by atoms with Gasteiger partial charge in [-0.2, -0.15) is 0 Å². The molecule has 5 nitrogen and oxygen atoms in total. The van der Waals surface area contributed by atoms with E-state index in [0.717, 1.165) is 73.1 Å². The highest BCUT2D eigenvalue weighted by Crippen LogP contribution is 2.36. The fourth-order valence-corrected chi connectivity index (χ4v) is 5.37. The highest BCUT2D eigenvalue weighted by molar-refractivity contribution is 5.75. The lowest BCUT2D eigenvalue weighted by molar-refractivity contribution is 0.221. The van der Waals surface area contributed by atoms with Gasteiger partial charge in [0.05, 0.1) is 21.3 Å². The molecule has 1 atom stereocenters. The predicted molar refractivity (Wildman–Crippen MR) is 183 cm³/mol. The summed E-state index contributed by atoms with van der Waals surface area (Å²) in [5.41, 5.74) is 9.74. The third kappa shape index (κ3) is 6.69. The second-order valence-electron chi connectivity index (χ2n) is 10.7. The fraction of sp³-hybridized carbons (Fsp3) is 0.100. The minimum absolute atomic E-state index is 0.778. The van der Waals surface area contributed by atoms with Gasteiger partial charge >= 0.3 is 0 Å². The molecule has 45 heavy (non-hydrogen) atoms. The number of aliphatic hydroxyl groups excluding tert-OH is 1. The van der Waals surface area contributed by atoms with E-state index in [1.54, 1.807) is 21.3 Å². The lowest BCUT2D eigenvalue weighted by atomic mass is 9.94. The van der Waals surface area contributed by atoms with Crippen LogP contribution in [0.2, 0.25) is 0 Å². The van der Waals surface area contributed by atoms with Gasteiger partial charge in [-0.1, -0.05) is 78.9 Å². The summed E-state index contributed by atoms with van der Waals surface area (Å²) in [6.45, 7) is 0. The van der Waals surface area contributed by atoms with Crippen molar-refractivity contribution in [3.8, 4) is 50.6 Å². The van der Waals surface area contributed by atoms with Crippen molar-refractivity contribution in [2.45, 2.75) is 6.10 Å². The monoisotopic (exact) mass is 593 g/mol. The predicted octanol–water partition coefficient (Wildman–Crippen LogP) is 9.54. The molecule has 224 valence electrons. The van der Waals surface area contributed by atoms with E-state index in [2.05, 4.69) is 41.7 Å². The molecule has 0 heterocycles. The van der Waals surface area contributed by atoms with Crippen LogP contribution in [0.4, 0.5) is 11.4 Å². The van der Waals surface area contributed by atoms with Gasteiger partial charge < -0.3 is 24.6 Å². The summed E-state index contributed by atoms with van der Waals surface area (Å²) in [5.74, 6) is 2.45. The van der Waals surface area contributed by atoms with Crippen molar-refractivity contribution < 1.29 is 19.3 Å². The van der Waals surface area contributed by atoms with Crippen LogP contribution < -0.4 is 19.5 Å². The van der Waals surface area contributed by atoms with Crippen molar-refractivity contribution in [3.63, 3.8) is 0 Å². The first-order valence-electron chi connectivity index (χ1n) is 14.8. The normalized spacial score (nSPS) is 11.5. The van der Waals surface area contributed by atoms with Crippen LogP contribution >= 0.6 is 0 Å². The molecule has 2 N–H and O–H groups in total. The average Bonchev–Trinajstić information content (AvgIpc) is 3.12. The number of ether oxygens (including phenoxy) is 3. The summed E-state index contributed by atoms with van der Waals surface area (Å²) in [4.78, 5) is 0. The van der Waals surface area contributed by atoms with Crippen LogP contribution in [-0.4, -0.2) is 26.4 Å². The van der Waals surface area contributed by atoms with Gasteiger partial charge in [-0.25, -0.2) is 0 Å². The minimum Gasteiger partial charge on any atom is -0.497 e. The highest BCUT2D eigenvalue weighted by Gasteiger charge is 2.17. The molecule has 6 aromatic carbocycles. The van der Waals surface area contributed by atoms with Gasteiger partial charge in [0.25, 0.3) is 0 Å². The molecule has 0 aliphatic carbocycles. The molecule has 0 aliphatic rings. The Labute approximate surface area is 264 Å². The first kappa shape index (κ1) is 29.5. The molecule has 6 aromatic rings. The van der Waals surface area contributed by atoms with Crippen LogP contribution in [0.3, 0.4) is 0 Å². The van der Waals surface area contributed by atoms with E-state index < -0.39 is 6.10 Å². The Bertz CT molecular complexity index is 1850. The topological polar surface area (TPSA) is 60.0 Å². The molecule has 5 heteroatoms. The molecule has 6 rings (SSSR count). The summed E-state index contributed by atoms with van der Waals surface area (Å²) < 4.78 is 15.9. The quantitative estimate of drug-likeness (QED) is 0.166. The Morgan fingerprint density at radius 1 is 0.444 bits per heavy atom. The summed E-state index contributed by atoms with van der Waals surface area (Å²) in [5, 5.41) is 15.3. The summed E-state index contributed by atoms with van der Waals surface area (Å²) in [7, 11) is 4.99. The Hall–Kier alpha value is -5.52. The maximum Gasteiger partial charge on any atom is 0.118 e. The first-order chi connectivity index (χ1) is 22.0. The van der Waals surface area contributed by atoms with Crippen LogP contribution in [0.15, 0.2) is 140 Å². The molecule has 0 saturated heterocycles. The van der Waals surface area contributed by atoms with Crippen molar-refractivity contribution in [3.05, 3.63) is 151 Å². The van der Waals surface area contributed by atoms with Crippen LogP contribution in [0.5, 0.6) is 17.2 Å². The third-order valence-electron chi connectivity index (χ3n) is 8.01. The minimum atomic E-state index is -0.853. The molecule has 0 aromatic heterocycles. The van der Waals surface area contributed by atoms with Crippen molar-refractivity contribution in [1.82, 2.24) is 0 Å². The molecule has 0 amide bonds. The molecule has 0 bridgehead atoms. The van der Waals surface area contributed by atoms with Gasteiger partial charge in [-0.3, -0.25) is 0 Å². The number of methoxy groups -OCH3 is 3. The van der Waals surface area contributed by atoms with Gasteiger partial charge in [-0.15, -0.1) is 0 Å². The van der Waals surface area contributed by atoms with Crippen molar-refractivity contribution >= 4 is 11.4 Å². The fourth-order valence-electron chi connectivity index (χ4n) is 5.37. The molecule has 0 radical (unpaired) electrons. The number of benzene rings is 6. The molecular formula is C40H35NO4. The second kappa shape index (κ2) is 13.4. The zero-order valence-electron chi connectivity index (χ0n) is 25.5. The number of nitrogens with one attached hydrogen (secondary N) is 1. The van der Waals surface area contributed by atoms with E-state index in [-0.39, 0.29) is 0 Å². The second-order valence-corrected chi connectivity index (χ2v) is 10.7. The Morgan fingerprint density at radius 2 is 0.800 bits per heavy atom. The van der Waals surface area contributed by atoms with E-state index in [0.29, 0.717) is 0 Å². The van der Waals surface area contributed by atoms with E-state index in [9.17, 15) is 5.11 Å². The van der Waals surface area contributed by atoms with Gasteiger partial charge in [0.1, 0.15) is 23.4 Å². The smallest absolute Gasteiger partial charge is 0.118 e. The largest absolute Gasteiger partial charge is 0.497 e. The third-order valence-corrected chi connectivity index (χ3v) is 8.01. The molecule has 0 aliphatic heterocycles. The number of hydrogen-bond donors (Lipinski definition) is 2. The van der Waals surface area contributed by atoms with E-state index in [1.165, 1.54) is 0 Å². The van der Waals surface area contributed by atoms with E-state index >= 15 is 0 Å². The average molecular weight is 594 g/mol. The van der Waals surface area contributed by atoms with Crippen molar-refractivity contribution in [1.29, 1.82) is 0 Å². The van der Waals surface area contributed by atoms with E-state index in [1.807, 2.05) is 103 Å². The Morgan fingerprint density at radius 3 is 1.22 bits per heavy atom. The molecule has 0 saturated carbocycles. The zero-order chi connectivity index (χ0) is 31.2. The number of aliphatic hydroxyl groups is 1. The molecule has 0 spiro atoms. The molecule has 0 fully saturated rings. The maximum absolute atomic E-state index is 11.8. The maximum atomic E-state index is 11.8. The van der Waals surface area contributed by atoms with Gasteiger partial charge in [0.2, 0.25) is 0 Å². The number of hydrogen-bond acceptors (Lipinski definition) is 5. The van der Waals surface area contributed by atoms with Crippen LogP contribution in [0.25, 0.3) is 33.4 Å². The SMILES string of the molecule is COc1ccc(-c2ccc(Nc3ccc(-c4ccc(OC)cc4)cc3C(O)c3ccc(-c4ccc(OC)cc4)cc3)cc2)cc1. The van der Waals surface area contributed by atoms with Crippen LogP contribution in [-0.2, 0) is 0 Å². The van der Waals surface area contributed by atoms with Crippen molar-refractivity contribution in [2.24, 2.45) is 0 Å². The first-order valence-corrected chi connectivity index (χ1v) is 14.8. The number of rotatable bonds is 10. The lowest BCUT2D eigenvalue weighted by Gasteiger charge is -2.20. The summed E-state index contributed by atoms with van der Waals surface area (Å²) >= 11 is 0. The Kier molecular flexibility index (Phi) is 8.81. The van der Waals surface area contributed by atoms with Crippen LogP contribution in [0, 0.1) is 0 Å².